The van der Waals surface area contributed by atoms with Crippen molar-refractivity contribution in [1.82, 2.24) is 10.2 Å². The predicted molar refractivity (Wildman–Crippen MR) is 126 cm³/mol. The Morgan fingerprint density at radius 1 is 1.18 bits per heavy atom. The van der Waals surface area contributed by atoms with E-state index in [1.54, 1.807) is 13.2 Å². The first-order chi connectivity index (χ1) is 16.0. The van der Waals surface area contributed by atoms with Gasteiger partial charge in [0.15, 0.2) is 11.6 Å². The molecule has 2 aromatic carbocycles. The Bertz CT molecular complexity index is 1240. The Hall–Kier alpha value is -3.12. The van der Waals surface area contributed by atoms with E-state index in [0.29, 0.717) is 47.4 Å². The third-order valence-electron chi connectivity index (χ3n) is 6.39. The molecule has 0 radical (unpaired) electrons. The van der Waals surface area contributed by atoms with E-state index in [1.165, 1.54) is 0 Å². The molecule has 1 spiro atoms. The molecule has 2 aliphatic heterocycles. The van der Waals surface area contributed by atoms with Gasteiger partial charge in [0, 0.05) is 43.1 Å². The molecule has 1 aromatic heterocycles. The molecule has 0 unspecified atom stereocenters. The van der Waals surface area contributed by atoms with Gasteiger partial charge >= 0.3 is 0 Å². The number of benzene rings is 2. The normalized spacial score (nSPS) is 17.4. The minimum absolute atomic E-state index is 0.414. The largest absolute Gasteiger partial charge is 0.495 e. The number of rotatable bonds is 4. The van der Waals surface area contributed by atoms with Crippen LogP contribution in [0, 0.1) is 11.3 Å². The van der Waals surface area contributed by atoms with E-state index >= 15 is 0 Å². The van der Waals surface area contributed by atoms with Crippen molar-refractivity contribution < 1.29 is 14.2 Å². The van der Waals surface area contributed by atoms with E-state index in [-0.39, 0.29) is 0 Å². The van der Waals surface area contributed by atoms with Crippen LogP contribution in [0.5, 0.6) is 5.75 Å². The molecular formula is C24H24ClN5O3. The van der Waals surface area contributed by atoms with E-state index < -0.39 is 5.79 Å². The van der Waals surface area contributed by atoms with Crippen molar-refractivity contribution >= 4 is 33.9 Å². The Labute approximate surface area is 196 Å². The van der Waals surface area contributed by atoms with Crippen LogP contribution < -0.4 is 15.4 Å². The molecule has 2 aliphatic rings. The number of methoxy groups -OCH3 is 1. The van der Waals surface area contributed by atoms with Crippen molar-refractivity contribution in [3.8, 4) is 11.8 Å². The number of piperidine rings is 1. The molecule has 2 saturated heterocycles. The zero-order chi connectivity index (χ0) is 23.0. The summed E-state index contributed by atoms with van der Waals surface area (Å²) in [7, 11) is 1.58. The van der Waals surface area contributed by atoms with Crippen molar-refractivity contribution in [1.29, 1.82) is 5.26 Å². The van der Waals surface area contributed by atoms with Crippen LogP contribution in [0.25, 0.3) is 10.8 Å². The fourth-order valence-corrected chi connectivity index (χ4v) is 4.92. The highest BCUT2D eigenvalue weighted by Crippen LogP contribution is 2.37. The Morgan fingerprint density at radius 2 is 1.94 bits per heavy atom. The van der Waals surface area contributed by atoms with Crippen LogP contribution in [-0.4, -0.2) is 49.4 Å². The fourth-order valence-electron chi connectivity index (χ4n) is 4.64. The van der Waals surface area contributed by atoms with Gasteiger partial charge in [0.25, 0.3) is 0 Å². The number of nitrogen functional groups attached to an aromatic ring is 1. The number of ether oxygens (including phenoxy) is 3. The first kappa shape index (κ1) is 21.7. The number of hydrogen-bond acceptors (Lipinski definition) is 8. The molecule has 33 heavy (non-hydrogen) atoms. The molecule has 3 aromatic rings. The summed E-state index contributed by atoms with van der Waals surface area (Å²) >= 11 is 6.32. The van der Waals surface area contributed by atoms with Crippen LogP contribution in [0.2, 0.25) is 5.02 Å². The second kappa shape index (κ2) is 8.67. The predicted octanol–water partition coefficient (Wildman–Crippen LogP) is 3.68. The topological polar surface area (TPSA) is 107 Å². The number of anilines is 2. The summed E-state index contributed by atoms with van der Waals surface area (Å²) in [5.41, 5.74) is 8.93. The Balaban J connectivity index is 1.53. The molecule has 3 heterocycles. The summed E-state index contributed by atoms with van der Waals surface area (Å²) < 4.78 is 17.0. The quantitative estimate of drug-likeness (QED) is 0.581. The maximum absolute atomic E-state index is 9.55. The first-order valence-electron chi connectivity index (χ1n) is 10.9. The SMILES string of the molecule is COc1ccc(Cc2nnc(N3CCC4(CC3)OCCO4)c3ccc(C#N)c(N)c23)cc1Cl. The molecule has 170 valence electrons. The summed E-state index contributed by atoms with van der Waals surface area (Å²) in [4.78, 5) is 2.19. The Morgan fingerprint density at radius 3 is 2.61 bits per heavy atom. The highest BCUT2D eigenvalue weighted by Gasteiger charge is 2.40. The fraction of sp³-hybridized carbons (Fsp3) is 0.375. The number of halogens is 1. The van der Waals surface area contributed by atoms with Crippen LogP contribution in [0.15, 0.2) is 30.3 Å². The van der Waals surface area contributed by atoms with E-state index in [4.69, 9.17) is 31.5 Å². The third-order valence-corrected chi connectivity index (χ3v) is 6.68. The van der Waals surface area contributed by atoms with Crippen LogP contribution in [0.3, 0.4) is 0 Å². The van der Waals surface area contributed by atoms with Crippen molar-refractivity contribution in [2.24, 2.45) is 0 Å². The minimum Gasteiger partial charge on any atom is -0.495 e. The molecule has 0 atom stereocenters. The second-order valence-corrected chi connectivity index (χ2v) is 8.68. The van der Waals surface area contributed by atoms with Crippen LogP contribution in [0.1, 0.15) is 29.7 Å². The maximum Gasteiger partial charge on any atom is 0.171 e. The van der Waals surface area contributed by atoms with Crippen LogP contribution in [0.4, 0.5) is 11.5 Å². The lowest BCUT2D eigenvalue weighted by molar-refractivity contribution is -0.169. The smallest absolute Gasteiger partial charge is 0.171 e. The minimum atomic E-state index is -0.472. The lowest BCUT2D eigenvalue weighted by atomic mass is 9.98. The van der Waals surface area contributed by atoms with Gasteiger partial charge in [-0.3, -0.25) is 0 Å². The van der Waals surface area contributed by atoms with Gasteiger partial charge in [-0.05, 0) is 29.8 Å². The van der Waals surface area contributed by atoms with Crippen molar-refractivity contribution in [3.05, 3.63) is 52.2 Å². The molecule has 2 N–H and O–H groups in total. The third kappa shape index (κ3) is 3.93. The van der Waals surface area contributed by atoms with Gasteiger partial charge < -0.3 is 24.8 Å². The number of nitrogens with zero attached hydrogens (tertiary/aromatic N) is 4. The number of fused-ring (bicyclic) bond motifs is 1. The number of hydrogen-bond donors (Lipinski definition) is 1. The average Bonchev–Trinajstić information content (AvgIpc) is 3.28. The van der Waals surface area contributed by atoms with E-state index in [9.17, 15) is 5.26 Å². The maximum atomic E-state index is 9.55. The molecule has 8 nitrogen and oxygen atoms in total. The summed E-state index contributed by atoms with van der Waals surface area (Å²) in [6, 6.07) is 11.4. The number of nitrogens with two attached hydrogens (primary N) is 1. The van der Waals surface area contributed by atoms with E-state index in [1.807, 2.05) is 24.3 Å². The van der Waals surface area contributed by atoms with Crippen LogP contribution >= 0.6 is 11.6 Å². The summed E-state index contributed by atoms with van der Waals surface area (Å²) in [5, 5.41) is 20.8. The monoisotopic (exact) mass is 465 g/mol. The van der Waals surface area contributed by atoms with Gasteiger partial charge in [-0.25, -0.2) is 0 Å². The van der Waals surface area contributed by atoms with Gasteiger partial charge in [-0.1, -0.05) is 17.7 Å². The van der Waals surface area contributed by atoms with Gasteiger partial charge in [-0.2, -0.15) is 10.4 Å². The van der Waals surface area contributed by atoms with Gasteiger partial charge in [-0.15, -0.1) is 5.10 Å². The molecule has 0 amide bonds. The Kier molecular flexibility index (Phi) is 5.71. The highest BCUT2D eigenvalue weighted by molar-refractivity contribution is 6.32. The molecule has 9 heteroatoms. The van der Waals surface area contributed by atoms with Gasteiger partial charge in [0.05, 0.1) is 42.3 Å². The molecule has 2 fully saturated rings. The van der Waals surface area contributed by atoms with E-state index in [0.717, 1.165) is 48.1 Å². The molecular weight excluding hydrogens is 442 g/mol. The lowest BCUT2D eigenvalue weighted by Gasteiger charge is -2.38. The number of nitriles is 1. The molecule has 0 aliphatic carbocycles. The van der Waals surface area contributed by atoms with E-state index in [2.05, 4.69) is 21.2 Å². The highest BCUT2D eigenvalue weighted by atomic mass is 35.5. The lowest BCUT2D eigenvalue weighted by Crippen LogP contribution is -2.45. The standard InChI is InChI=1S/C24H24ClN5O3/c1-31-20-5-2-15(12-18(20)25)13-19-21-17(4-3-16(14-26)22(21)27)23(29-28-19)30-8-6-24(7-9-30)32-10-11-33-24/h2-5,12H,6-11,13,27H2,1H3. The van der Waals surface area contributed by atoms with Crippen LogP contribution in [-0.2, 0) is 15.9 Å². The van der Waals surface area contributed by atoms with Gasteiger partial charge in [0.1, 0.15) is 11.8 Å². The second-order valence-electron chi connectivity index (χ2n) is 8.27. The van der Waals surface area contributed by atoms with Crippen molar-refractivity contribution in [2.45, 2.75) is 25.0 Å². The number of aromatic nitrogens is 2. The van der Waals surface area contributed by atoms with Crippen molar-refractivity contribution in [2.75, 3.05) is 44.0 Å². The summed E-state index contributed by atoms with van der Waals surface area (Å²) in [5.74, 6) is 0.891. The summed E-state index contributed by atoms with van der Waals surface area (Å²) in [6.45, 7) is 2.74. The first-order valence-corrected chi connectivity index (χ1v) is 11.2. The summed E-state index contributed by atoms with van der Waals surface area (Å²) in [6.07, 6.45) is 1.99. The molecule has 0 bridgehead atoms. The average molecular weight is 466 g/mol. The van der Waals surface area contributed by atoms with Crippen molar-refractivity contribution in [3.63, 3.8) is 0 Å². The zero-order valence-electron chi connectivity index (χ0n) is 18.3. The van der Waals surface area contributed by atoms with Gasteiger partial charge in [0.2, 0.25) is 0 Å². The molecule has 5 rings (SSSR count). The molecule has 0 saturated carbocycles. The zero-order valence-corrected chi connectivity index (χ0v) is 19.1.